The van der Waals surface area contributed by atoms with E-state index in [0.717, 1.165) is 22.3 Å². The number of nitrogens with zero attached hydrogens (tertiary/aromatic N) is 2. The summed E-state index contributed by atoms with van der Waals surface area (Å²) in [4.78, 5) is 4.60. The molecule has 2 heterocycles. The molecular weight excluding hydrogens is 414 g/mol. The number of benzene rings is 2. The van der Waals surface area contributed by atoms with Gasteiger partial charge in [0.1, 0.15) is 24.1 Å². The molecule has 0 aliphatic carbocycles. The van der Waals surface area contributed by atoms with Gasteiger partial charge in [0.05, 0.1) is 24.4 Å². The Morgan fingerprint density at radius 2 is 1.94 bits per heavy atom. The lowest BCUT2D eigenvalue weighted by molar-refractivity contribution is 0.287. The Morgan fingerprint density at radius 1 is 1.12 bits per heavy atom. The molecule has 0 aliphatic rings. The van der Waals surface area contributed by atoms with Crippen LogP contribution in [0.3, 0.4) is 0 Å². The first-order valence-corrected chi connectivity index (χ1v) is 10.4. The number of nitrogens with two attached hydrogens (primary N) is 2. The fourth-order valence-corrected chi connectivity index (χ4v) is 3.55. The van der Waals surface area contributed by atoms with Crippen molar-refractivity contribution in [1.29, 1.82) is 10.7 Å². The smallest absolute Gasteiger partial charge is 0.141 e. The molecule has 2 aromatic carbocycles. The average Bonchev–Trinajstić information content (AvgIpc) is 3.38. The fourth-order valence-electron chi connectivity index (χ4n) is 3.55. The highest BCUT2D eigenvalue weighted by molar-refractivity contribution is 6.13. The number of aromatic nitrogens is 1. The summed E-state index contributed by atoms with van der Waals surface area (Å²) in [7, 11) is 0. The highest BCUT2D eigenvalue weighted by Crippen LogP contribution is 2.34. The molecule has 0 spiro atoms. The Bertz CT molecular complexity index is 1290. The molecule has 0 bridgehead atoms. The van der Waals surface area contributed by atoms with Gasteiger partial charge in [-0.05, 0) is 41.8 Å². The molecule has 0 saturated heterocycles. The topological polar surface area (TPSA) is 135 Å². The van der Waals surface area contributed by atoms with Crippen molar-refractivity contribution in [3.8, 4) is 34.2 Å². The van der Waals surface area contributed by atoms with E-state index in [9.17, 15) is 0 Å². The van der Waals surface area contributed by atoms with Crippen molar-refractivity contribution in [2.24, 2.45) is 5.73 Å². The zero-order chi connectivity index (χ0) is 23.2. The van der Waals surface area contributed by atoms with Crippen LogP contribution >= 0.6 is 0 Å². The van der Waals surface area contributed by atoms with Crippen LogP contribution in [0.5, 0.6) is 5.75 Å². The van der Waals surface area contributed by atoms with Crippen molar-refractivity contribution in [2.45, 2.75) is 12.5 Å². The number of anilines is 1. The molecule has 4 rings (SSSR count). The minimum atomic E-state index is -0.202. The molecule has 0 amide bonds. The van der Waals surface area contributed by atoms with Gasteiger partial charge >= 0.3 is 0 Å². The standard InChI is InChI=1S/C26H23N5O2/c27-13-25(30)23-11-18(6-7-24(23)29)22-12-21(14-31-26(22)19-8-9-32-15-19)33-16-20(28)10-17-4-2-1-3-5-17/h1-9,11-12,14-15,20,30H,10,16,28-29H2/t20-/m0/s1. The summed E-state index contributed by atoms with van der Waals surface area (Å²) in [6.07, 6.45) is 5.54. The molecule has 164 valence electrons. The second-order valence-electron chi connectivity index (χ2n) is 7.63. The number of nitriles is 1. The van der Waals surface area contributed by atoms with Gasteiger partial charge in [-0.3, -0.25) is 10.4 Å². The zero-order valence-corrected chi connectivity index (χ0v) is 17.9. The van der Waals surface area contributed by atoms with Crippen LogP contribution in [0.4, 0.5) is 5.69 Å². The molecular formula is C26H23N5O2. The number of rotatable bonds is 8. The number of hydrogen-bond acceptors (Lipinski definition) is 7. The van der Waals surface area contributed by atoms with Crippen LogP contribution in [0, 0.1) is 16.7 Å². The summed E-state index contributed by atoms with van der Waals surface area (Å²) < 4.78 is 11.2. The highest BCUT2D eigenvalue weighted by Gasteiger charge is 2.15. The van der Waals surface area contributed by atoms with E-state index in [1.54, 1.807) is 30.9 Å². The summed E-state index contributed by atoms with van der Waals surface area (Å²) in [5, 5.41) is 17.1. The van der Waals surface area contributed by atoms with Crippen molar-refractivity contribution in [1.82, 2.24) is 4.98 Å². The number of nitrogen functional groups attached to an aromatic ring is 1. The Hall–Kier alpha value is -4.41. The third-order valence-corrected chi connectivity index (χ3v) is 5.21. The van der Waals surface area contributed by atoms with Gasteiger partial charge in [0.2, 0.25) is 0 Å². The van der Waals surface area contributed by atoms with Crippen LogP contribution in [0.25, 0.3) is 22.4 Å². The molecule has 5 N–H and O–H groups in total. The molecule has 0 fully saturated rings. The normalized spacial score (nSPS) is 11.5. The number of pyridine rings is 1. The van der Waals surface area contributed by atoms with E-state index in [0.29, 0.717) is 35.7 Å². The minimum Gasteiger partial charge on any atom is -0.490 e. The van der Waals surface area contributed by atoms with E-state index in [-0.39, 0.29) is 11.8 Å². The Balaban J connectivity index is 1.63. The van der Waals surface area contributed by atoms with Gasteiger partial charge < -0.3 is 20.6 Å². The predicted molar refractivity (Wildman–Crippen MR) is 128 cm³/mol. The molecule has 2 aromatic heterocycles. The first kappa shape index (κ1) is 21.8. The summed E-state index contributed by atoms with van der Waals surface area (Å²) in [6, 6.07) is 20.6. The summed E-state index contributed by atoms with van der Waals surface area (Å²) in [6.45, 7) is 0.327. The number of nitrogens with one attached hydrogen (secondary N) is 1. The van der Waals surface area contributed by atoms with E-state index >= 15 is 0 Å². The molecule has 0 saturated carbocycles. The van der Waals surface area contributed by atoms with Gasteiger partial charge in [0, 0.05) is 28.4 Å². The van der Waals surface area contributed by atoms with Crippen LogP contribution in [-0.4, -0.2) is 23.3 Å². The lowest BCUT2D eigenvalue weighted by Gasteiger charge is -2.16. The van der Waals surface area contributed by atoms with Gasteiger partial charge in [-0.1, -0.05) is 36.4 Å². The largest absolute Gasteiger partial charge is 0.490 e. The van der Waals surface area contributed by atoms with Crippen LogP contribution in [0.2, 0.25) is 0 Å². The molecule has 33 heavy (non-hydrogen) atoms. The van der Waals surface area contributed by atoms with E-state index in [1.807, 2.05) is 54.6 Å². The van der Waals surface area contributed by atoms with E-state index in [2.05, 4.69) is 4.98 Å². The van der Waals surface area contributed by atoms with Crippen LogP contribution in [0.15, 0.2) is 83.8 Å². The third kappa shape index (κ3) is 5.09. The van der Waals surface area contributed by atoms with Crippen molar-refractivity contribution < 1.29 is 9.15 Å². The first-order chi connectivity index (χ1) is 16.0. The van der Waals surface area contributed by atoms with Crippen LogP contribution in [0.1, 0.15) is 11.1 Å². The van der Waals surface area contributed by atoms with Crippen molar-refractivity contribution in [3.63, 3.8) is 0 Å². The Morgan fingerprint density at radius 3 is 2.67 bits per heavy atom. The van der Waals surface area contributed by atoms with Gasteiger partial charge in [0.15, 0.2) is 0 Å². The molecule has 7 heteroatoms. The Labute approximate surface area is 191 Å². The van der Waals surface area contributed by atoms with Crippen molar-refractivity contribution >= 4 is 11.4 Å². The zero-order valence-electron chi connectivity index (χ0n) is 17.9. The summed E-state index contributed by atoms with van der Waals surface area (Å²) >= 11 is 0. The lowest BCUT2D eigenvalue weighted by atomic mass is 9.97. The average molecular weight is 438 g/mol. The van der Waals surface area contributed by atoms with E-state index in [1.165, 1.54) is 0 Å². The quantitative estimate of drug-likeness (QED) is 0.276. The molecule has 0 radical (unpaired) electrons. The molecule has 4 aromatic rings. The number of hydrogen-bond donors (Lipinski definition) is 3. The molecule has 0 unspecified atom stereocenters. The molecule has 7 nitrogen and oxygen atoms in total. The van der Waals surface area contributed by atoms with Crippen molar-refractivity contribution in [3.05, 3.63) is 90.5 Å². The van der Waals surface area contributed by atoms with E-state index in [4.69, 9.17) is 31.3 Å². The fraction of sp³-hybridized carbons (Fsp3) is 0.115. The summed E-state index contributed by atoms with van der Waals surface area (Å²) in [5.41, 5.74) is 16.9. The van der Waals surface area contributed by atoms with Gasteiger partial charge in [0.25, 0.3) is 0 Å². The third-order valence-electron chi connectivity index (χ3n) is 5.21. The number of furan rings is 1. The van der Waals surface area contributed by atoms with E-state index < -0.39 is 0 Å². The maximum Gasteiger partial charge on any atom is 0.141 e. The SMILES string of the molecule is N#CC(=N)c1cc(-c2cc(OC[C@@H](N)Cc3ccccc3)cnc2-c2ccoc2)ccc1N. The highest BCUT2D eigenvalue weighted by atomic mass is 16.5. The monoisotopic (exact) mass is 437 g/mol. The minimum absolute atomic E-state index is 0.177. The van der Waals surface area contributed by atoms with Crippen molar-refractivity contribution in [2.75, 3.05) is 12.3 Å². The molecule has 0 aliphatic heterocycles. The lowest BCUT2D eigenvalue weighted by Crippen LogP contribution is -2.30. The van der Waals surface area contributed by atoms with Gasteiger partial charge in [-0.15, -0.1) is 0 Å². The van der Waals surface area contributed by atoms with Gasteiger partial charge in [-0.25, -0.2) is 0 Å². The van der Waals surface area contributed by atoms with Crippen LogP contribution < -0.4 is 16.2 Å². The Kier molecular flexibility index (Phi) is 6.48. The maximum absolute atomic E-state index is 9.16. The first-order valence-electron chi connectivity index (χ1n) is 10.4. The summed E-state index contributed by atoms with van der Waals surface area (Å²) in [5.74, 6) is 0.564. The van der Waals surface area contributed by atoms with Gasteiger partial charge in [-0.2, -0.15) is 5.26 Å². The second-order valence-corrected chi connectivity index (χ2v) is 7.63. The predicted octanol–water partition coefficient (Wildman–Crippen LogP) is 4.43. The van der Waals surface area contributed by atoms with Crippen LogP contribution in [-0.2, 0) is 6.42 Å². The number of ether oxygens (including phenoxy) is 1. The molecule has 1 atom stereocenters. The maximum atomic E-state index is 9.16. The second kappa shape index (κ2) is 9.81.